The minimum atomic E-state index is 0.606. The molecular formula is C12H24N2O. The molecular weight excluding hydrogens is 188 g/mol. The van der Waals surface area contributed by atoms with Crippen LogP contribution in [0.2, 0.25) is 0 Å². The Morgan fingerprint density at radius 1 is 1.27 bits per heavy atom. The third-order valence-corrected chi connectivity index (χ3v) is 3.72. The first kappa shape index (κ1) is 11.4. The molecule has 1 N–H and O–H groups in total. The van der Waals surface area contributed by atoms with E-state index in [1.165, 1.54) is 38.6 Å². The lowest BCUT2D eigenvalue weighted by molar-refractivity contribution is 0.0658. The molecule has 0 aromatic rings. The second-order valence-corrected chi connectivity index (χ2v) is 4.95. The summed E-state index contributed by atoms with van der Waals surface area (Å²) in [5, 5.41) is 3.66. The number of ether oxygens (including phenoxy) is 1. The van der Waals surface area contributed by atoms with Crippen LogP contribution in [0.3, 0.4) is 0 Å². The van der Waals surface area contributed by atoms with Crippen LogP contribution in [0.5, 0.6) is 0 Å². The van der Waals surface area contributed by atoms with Gasteiger partial charge in [0.05, 0.1) is 6.61 Å². The van der Waals surface area contributed by atoms with Crippen LogP contribution in [0.4, 0.5) is 0 Å². The summed E-state index contributed by atoms with van der Waals surface area (Å²) in [5.41, 5.74) is 0. The number of nitrogens with zero attached hydrogens (tertiary/aromatic N) is 1. The van der Waals surface area contributed by atoms with Crippen molar-refractivity contribution in [2.24, 2.45) is 0 Å². The highest BCUT2D eigenvalue weighted by molar-refractivity contribution is 4.79. The third kappa shape index (κ3) is 3.44. The summed E-state index contributed by atoms with van der Waals surface area (Å²) < 4.78 is 5.47. The van der Waals surface area contributed by atoms with Crippen LogP contribution in [-0.4, -0.2) is 50.3 Å². The van der Waals surface area contributed by atoms with E-state index in [2.05, 4.69) is 17.3 Å². The molecule has 15 heavy (non-hydrogen) atoms. The van der Waals surface area contributed by atoms with E-state index in [-0.39, 0.29) is 0 Å². The molecule has 2 aliphatic heterocycles. The molecule has 0 aliphatic carbocycles. The van der Waals surface area contributed by atoms with Gasteiger partial charge in [-0.1, -0.05) is 6.42 Å². The summed E-state index contributed by atoms with van der Waals surface area (Å²) in [7, 11) is 2.25. The van der Waals surface area contributed by atoms with Gasteiger partial charge in [0.15, 0.2) is 0 Å². The van der Waals surface area contributed by atoms with Crippen molar-refractivity contribution >= 4 is 0 Å². The number of piperidine rings is 1. The molecule has 2 unspecified atom stereocenters. The summed E-state index contributed by atoms with van der Waals surface area (Å²) in [4.78, 5) is 2.50. The monoisotopic (exact) mass is 212 g/mol. The Labute approximate surface area is 93.2 Å². The molecule has 2 heterocycles. The molecule has 0 amide bonds. The fraction of sp³-hybridized carbons (Fsp3) is 1.00. The maximum absolute atomic E-state index is 5.47. The predicted molar refractivity (Wildman–Crippen MR) is 62.1 cm³/mol. The molecule has 0 aromatic carbocycles. The van der Waals surface area contributed by atoms with Gasteiger partial charge in [-0.3, -0.25) is 0 Å². The SMILES string of the molecule is CN1CCCCC1CNC1CCCOC1. The van der Waals surface area contributed by atoms with Crippen molar-refractivity contribution < 1.29 is 4.74 Å². The van der Waals surface area contributed by atoms with E-state index in [9.17, 15) is 0 Å². The number of likely N-dealkylation sites (N-methyl/N-ethyl adjacent to an activating group) is 1. The molecule has 0 saturated carbocycles. The zero-order chi connectivity index (χ0) is 10.5. The summed E-state index contributed by atoms with van der Waals surface area (Å²) >= 11 is 0. The van der Waals surface area contributed by atoms with E-state index in [0.29, 0.717) is 6.04 Å². The van der Waals surface area contributed by atoms with Crippen molar-refractivity contribution in [3.8, 4) is 0 Å². The van der Waals surface area contributed by atoms with E-state index >= 15 is 0 Å². The molecule has 3 heteroatoms. The van der Waals surface area contributed by atoms with E-state index in [0.717, 1.165) is 25.8 Å². The molecule has 0 bridgehead atoms. The van der Waals surface area contributed by atoms with Crippen molar-refractivity contribution in [2.75, 3.05) is 33.4 Å². The third-order valence-electron chi connectivity index (χ3n) is 3.72. The van der Waals surface area contributed by atoms with Crippen molar-refractivity contribution in [3.63, 3.8) is 0 Å². The Balaban J connectivity index is 1.67. The van der Waals surface area contributed by atoms with Gasteiger partial charge >= 0.3 is 0 Å². The minimum Gasteiger partial charge on any atom is -0.380 e. The molecule has 2 rings (SSSR count). The number of hydrogen-bond donors (Lipinski definition) is 1. The first-order valence-corrected chi connectivity index (χ1v) is 6.37. The van der Waals surface area contributed by atoms with Crippen molar-refractivity contribution in [3.05, 3.63) is 0 Å². The lowest BCUT2D eigenvalue weighted by Crippen LogP contribution is -2.47. The van der Waals surface area contributed by atoms with Crippen molar-refractivity contribution in [2.45, 2.75) is 44.2 Å². The van der Waals surface area contributed by atoms with Crippen molar-refractivity contribution in [1.29, 1.82) is 0 Å². The topological polar surface area (TPSA) is 24.5 Å². The van der Waals surface area contributed by atoms with Gasteiger partial charge in [0, 0.05) is 25.2 Å². The van der Waals surface area contributed by atoms with Gasteiger partial charge in [0.25, 0.3) is 0 Å². The quantitative estimate of drug-likeness (QED) is 0.762. The largest absolute Gasteiger partial charge is 0.380 e. The van der Waals surface area contributed by atoms with Crippen LogP contribution in [0.25, 0.3) is 0 Å². The Morgan fingerprint density at radius 3 is 2.93 bits per heavy atom. The lowest BCUT2D eigenvalue weighted by atomic mass is 10.0. The van der Waals surface area contributed by atoms with Gasteiger partial charge < -0.3 is 15.0 Å². The molecule has 0 aromatic heterocycles. The van der Waals surface area contributed by atoms with Crippen LogP contribution >= 0.6 is 0 Å². The fourth-order valence-corrected chi connectivity index (χ4v) is 2.61. The van der Waals surface area contributed by atoms with Crippen LogP contribution in [0.15, 0.2) is 0 Å². The van der Waals surface area contributed by atoms with Gasteiger partial charge in [-0.25, -0.2) is 0 Å². The number of hydrogen-bond acceptors (Lipinski definition) is 3. The maximum atomic E-state index is 5.47. The van der Waals surface area contributed by atoms with Gasteiger partial charge in [-0.15, -0.1) is 0 Å². The molecule has 2 aliphatic rings. The highest BCUT2D eigenvalue weighted by Gasteiger charge is 2.20. The number of nitrogens with one attached hydrogen (secondary N) is 1. The molecule has 2 fully saturated rings. The smallest absolute Gasteiger partial charge is 0.0619 e. The van der Waals surface area contributed by atoms with Gasteiger partial charge in [-0.2, -0.15) is 0 Å². The van der Waals surface area contributed by atoms with E-state index in [1.54, 1.807) is 0 Å². The Hall–Kier alpha value is -0.120. The summed E-state index contributed by atoms with van der Waals surface area (Å²) in [6.45, 7) is 4.29. The van der Waals surface area contributed by atoms with E-state index in [1.807, 2.05) is 0 Å². The number of likely N-dealkylation sites (tertiary alicyclic amines) is 1. The zero-order valence-electron chi connectivity index (χ0n) is 9.87. The summed E-state index contributed by atoms with van der Waals surface area (Å²) in [5.74, 6) is 0. The summed E-state index contributed by atoms with van der Waals surface area (Å²) in [6.07, 6.45) is 6.64. The molecule has 2 atom stereocenters. The molecule has 3 nitrogen and oxygen atoms in total. The molecule has 0 radical (unpaired) electrons. The van der Waals surface area contributed by atoms with Crippen LogP contribution < -0.4 is 5.32 Å². The predicted octanol–water partition coefficient (Wildman–Crippen LogP) is 1.24. The highest BCUT2D eigenvalue weighted by atomic mass is 16.5. The Morgan fingerprint density at radius 2 is 2.20 bits per heavy atom. The normalized spacial score (nSPS) is 34.2. The van der Waals surface area contributed by atoms with Crippen LogP contribution in [0.1, 0.15) is 32.1 Å². The first-order valence-electron chi connectivity index (χ1n) is 6.37. The first-order chi connectivity index (χ1) is 7.36. The standard InChI is InChI=1S/C12H24N2O/c1-14-7-3-2-6-12(14)9-13-11-5-4-8-15-10-11/h11-13H,2-10H2,1H3. The number of rotatable bonds is 3. The molecule has 2 saturated heterocycles. The minimum absolute atomic E-state index is 0.606. The molecule has 0 spiro atoms. The molecule has 88 valence electrons. The highest BCUT2D eigenvalue weighted by Crippen LogP contribution is 2.15. The Bertz CT molecular complexity index is 180. The van der Waals surface area contributed by atoms with Gasteiger partial charge in [-0.05, 0) is 39.3 Å². The van der Waals surface area contributed by atoms with E-state index < -0.39 is 0 Å². The van der Waals surface area contributed by atoms with Crippen LogP contribution in [-0.2, 0) is 4.74 Å². The summed E-state index contributed by atoms with van der Waals surface area (Å²) in [6, 6.07) is 1.36. The second-order valence-electron chi connectivity index (χ2n) is 4.95. The second kappa shape index (κ2) is 5.83. The zero-order valence-corrected chi connectivity index (χ0v) is 9.87. The van der Waals surface area contributed by atoms with Gasteiger partial charge in [0.2, 0.25) is 0 Å². The average Bonchev–Trinajstić information content (AvgIpc) is 2.29. The van der Waals surface area contributed by atoms with Gasteiger partial charge in [0.1, 0.15) is 0 Å². The fourth-order valence-electron chi connectivity index (χ4n) is 2.61. The van der Waals surface area contributed by atoms with Crippen LogP contribution in [0, 0.1) is 0 Å². The van der Waals surface area contributed by atoms with Crippen molar-refractivity contribution in [1.82, 2.24) is 10.2 Å². The average molecular weight is 212 g/mol. The lowest BCUT2D eigenvalue weighted by Gasteiger charge is -2.34. The Kier molecular flexibility index (Phi) is 4.42. The van der Waals surface area contributed by atoms with E-state index in [4.69, 9.17) is 4.74 Å². The maximum Gasteiger partial charge on any atom is 0.0619 e.